The van der Waals surface area contributed by atoms with Crippen molar-refractivity contribution in [1.29, 1.82) is 0 Å². The second-order valence-electron chi connectivity index (χ2n) is 10.1. The van der Waals surface area contributed by atoms with Gasteiger partial charge in [0.25, 0.3) is 0 Å². The molecule has 1 aromatic carbocycles. The summed E-state index contributed by atoms with van der Waals surface area (Å²) >= 11 is 6.21. The van der Waals surface area contributed by atoms with E-state index in [9.17, 15) is 4.79 Å². The van der Waals surface area contributed by atoms with Gasteiger partial charge in [-0.05, 0) is 75.7 Å². The van der Waals surface area contributed by atoms with Crippen molar-refractivity contribution in [2.75, 3.05) is 52.9 Å². The lowest BCUT2D eigenvalue weighted by Gasteiger charge is -2.43. The number of carbonyl (C=O) groups excluding carboxylic acids is 1. The fraction of sp³-hybridized carbons (Fsp3) is 0.556. The SMILES string of the molecule is Cc1cc(OC[C@@]2(CC(=O)N3CCN(C)CC3)CCCN(Cc3ncccc3C)C2)ccc1Cl. The number of pyridine rings is 1. The van der Waals surface area contributed by atoms with Crippen LogP contribution in [0.25, 0.3) is 0 Å². The standard InChI is InChI=1S/C27H37ClN4O2/c1-21-6-4-10-29-25(21)18-31-11-5-9-27(19-31,17-26(33)32-14-12-30(3)13-15-32)20-34-23-7-8-24(28)22(2)16-23/h4,6-8,10,16H,5,9,11-15,17-20H2,1-3H3/t27-/m1/s1. The van der Waals surface area contributed by atoms with E-state index in [4.69, 9.17) is 16.3 Å². The molecule has 7 heteroatoms. The highest BCUT2D eigenvalue weighted by Gasteiger charge is 2.40. The number of carbonyl (C=O) groups is 1. The molecule has 0 aliphatic carbocycles. The molecule has 0 spiro atoms. The maximum Gasteiger partial charge on any atom is 0.223 e. The van der Waals surface area contributed by atoms with E-state index in [2.05, 4.69) is 34.8 Å². The average molecular weight is 485 g/mol. The van der Waals surface area contributed by atoms with Crippen molar-refractivity contribution in [3.05, 3.63) is 58.4 Å². The second kappa shape index (κ2) is 11.1. The lowest BCUT2D eigenvalue weighted by atomic mass is 9.77. The van der Waals surface area contributed by atoms with E-state index in [-0.39, 0.29) is 11.3 Å². The number of amides is 1. The van der Waals surface area contributed by atoms with E-state index in [1.165, 1.54) is 5.56 Å². The molecule has 2 aromatic rings. The molecule has 3 heterocycles. The highest BCUT2D eigenvalue weighted by Crippen LogP contribution is 2.36. The molecule has 2 aliphatic heterocycles. The van der Waals surface area contributed by atoms with E-state index in [0.29, 0.717) is 13.0 Å². The number of aryl methyl sites for hydroxylation is 2. The molecule has 34 heavy (non-hydrogen) atoms. The maximum absolute atomic E-state index is 13.4. The van der Waals surface area contributed by atoms with Crippen molar-refractivity contribution in [2.45, 2.75) is 39.7 Å². The van der Waals surface area contributed by atoms with Gasteiger partial charge in [-0.2, -0.15) is 0 Å². The van der Waals surface area contributed by atoms with Gasteiger partial charge in [0.15, 0.2) is 0 Å². The third kappa shape index (κ3) is 6.29. The lowest BCUT2D eigenvalue weighted by molar-refractivity contribution is -0.137. The first-order valence-electron chi connectivity index (χ1n) is 12.3. The summed E-state index contributed by atoms with van der Waals surface area (Å²) in [4.78, 5) is 24.8. The van der Waals surface area contributed by atoms with Gasteiger partial charge in [-0.1, -0.05) is 17.7 Å². The molecule has 0 unspecified atom stereocenters. The molecule has 0 N–H and O–H groups in total. The van der Waals surface area contributed by atoms with Crippen LogP contribution in [-0.4, -0.2) is 78.5 Å². The van der Waals surface area contributed by atoms with Gasteiger partial charge < -0.3 is 14.5 Å². The topological polar surface area (TPSA) is 48.9 Å². The van der Waals surface area contributed by atoms with Crippen LogP contribution >= 0.6 is 11.6 Å². The summed E-state index contributed by atoms with van der Waals surface area (Å²) in [5.74, 6) is 1.06. The van der Waals surface area contributed by atoms with Gasteiger partial charge in [-0.15, -0.1) is 0 Å². The lowest BCUT2D eigenvalue weighted by Crippen LogP contribution is -2.52. The van der Waals surface area contributed by atoms with Crippen LogP contribution in [0.2, 0.25) is 5.02 Å². The zero-order valence-corrected chi connectivity index (χ0v) is 21.5. The molecular formula is C27H37ClN4O2. The van der Waals surface area contributed by atoms with Gasteiger partial charge in [0.1, 0.15) is 5.75 Å². The van der Waals surface area contributed by atoms with E-state index in [1.807, 2.05) is 42.3 Å². The number of likely N-dealkylation sites (tertiary alicyclic amines) is 1. The largest absolute Gasteiger partial charge is 0.493 e. The molecule has 6 nitrogen and oxygen atoms in total. The van der Waals surface area contributed by atoms with Gasteiger partial charge in [0, 0.05) is 62.3 Å². The van der Waals surface area contributed by atoms with Crippen molar-refractivity contribution in [3.8, 4) is 5.75 Å². The Morgan fingerprint density at radius 1 is 1.12 bits per heavy atom. The van der Waals surface area contributed by atoms with E-state index < -0.39 is 0 Å². The Morgan fingerprint density at radius 3 is 2.65 bits per heavy atom. The van der Waals surface area contributed by atoms with Crippen molar-refractivity contribution in [2.24, 2.45) is 5.41 Å². The van der Waals surface area contributed by atoms with Crippen LogP contribution in [0.3, 0.4) is 0 Å². The average Bonchev–Trinajstić information content (AvgIpc) is 2.82. The van der Waals surface area contributed by atoms with Crippen LogP contribution in [0.5, 0.6) is 5.75 Å². The smallest absolute Gasteiger partial charge is 0.223 e. The minimum atomic E-state index is -0.227. The van der Waals surface area contributed by atoms with E-state index in [1.54, 1.807) is 0 Å². The summed E-state index contributed by atoms with van der Waals surface area (Å²) in [6.45, 7) is 10.7. The molecule has 1 aromatic heterocycles. The molecule has 4 rings (SSSR count). The van der Waals surface area contributed by atoms with Crippen LogP contribution < -0.4 is 4.74 Å². The minimum absolute atomic E-state index is 0.227. The van der Waals surface area contributed by atoms with Gasteiger partial charge in [-0.25, -0.2) is 0 Å². The number of halogens is 1. The molecular weight excluding hydrogens is 448 g/mol. The third-order valence-corrected chi connectivity index (χ3v) is 7.71. The third-order valence-electron chi connectivity index (χ3n) is 7.29. The van der Waals surface area contributed by atoms with Crippen LogP contribution in [0, 0.1) is 19.3 Å². The molecule has 1 amide bonds. The van der Waals surface area contributed by atoms with Crippen LogP contribution in [-0.2, 0) is 11.3 Å². The number of piperidine rings is 1. The molecule has 184 valence electrons. The van der Waals surface area contributed by atoms with Crippen molar-refractivity contribution < 1.29 is 9.53 Å². The number of nitrogens with zero attached hydrogens (tertiary/aromatic N) is 4. The highest BCUT2D eigenvalue weighted by molar-refractivity contribution is 6.31. The Kier molecular flexibility index (Phi) is 8.12. The molecule has 1 atom stereocenters. The second-order valence-corrected chi connectivity index (χ2v) is 10.5. The molecule has 0 radical (unpaired) electrons. The monoisotopic (exact) mass is 484 g/mol. The summed E-state index contributed by atoms with van der Waals surface area (Å²) in [7, 11) is 2.11. The Hall–Kier alpha value is -2.15. The van der Waals surface area contributed by atoms with Gasteiger partial charge in [0.05, 0.1) is 12.3 Å². The van der Waals surface area contributed by atoms with Crippen molar-refractivity contribution in [1.82, 2.24) is 19.7 Å². The first-order chi connectivity index (χ1) is 16.3. The normalized spacial score (nSPS) is 22.1. The first-order valence-corrected chi connectivity index (χ1v) is 12.7. The van der Waals surface area contributed by atoms with E-state index >= 15 is 0 Å². The van der Waals surface area contributed by atoms with Crippen molar-refractivity contribution in [3.63, 3.8) is 0 Å². The number of aromatic nitrogens is 1. The zero-order chi connectivity index (χ0) is 24.1. The molecule has 0 saturated carbocycles. The number of hydrogen-bond donors (Lipinski definition) is 0. The Labute approximate surface area is 208 Å². The summed E-state index contributed by atoms with van der Waals surface area (Å²) in [5.41, 5.74) is 3.09. The van der Waals surface area contributed by atoms with Crippen molar-refractivity contribution >= 4 is 17.5 Å². The number of ether oxygens (including phenoxy) is 1. The minimum Gasteiger partial charge on any atom is -0.493 e. The summed E-state index contributed by atoms with van der Waals surface area (Å²) in [6.07, 6.45) is 4.41. The number of likely N-dealkylation sites (N-methyl/N-ethyl adjacent to an activating group) is 1. The number of hydrogen-bond acceptors (Lipinski definition) is 5. The number of benzene rings is 1. The fourth-order valence-electron chi connectivity index (χ4n) is 5.09. The Morgan fingerprint density at radius 2 is 1.91 bits per heavy atom. The number of rotatable bonds is 7. The summed E-state index contributed by atoms with van der Waals surface area (Å²) in [6, 6.07) is 9.88. The first kappa shape index (κ1) is 25.0. The quantitative estimate of drug-likeness (QED) is 0.590. The highest BCUT2D eigenvalue weighted by atomic mass is 35.5. The fourth-order valence-corrected chi connectivity index (χ4v) is 5.20. The molecule has 2 fully saturated rings. The predicted molar refractivity (Wildman–Crippen MR) is 136 cm³/mol. The summed E-state index contributed by atoms with van der Waals surface area (Å²) < 4.78 is 6.33. The van der Waals surface area contributed by atoms with E-state index in [0.717, 1.165) is 80.7 Å². The molecule has 0 bridgehead atoms. The Bertz CT molecular complexity index is 992. The van der Waals surface area contributed by atoms with Crippen LogP contribution in [0.15, 0.2) is 36.5 Å². The van der Waals surface area contributed by atoms with Gasteiger partial charge >= 0.3 is 0 Å². The van der Waals surface area contributed by atoms with Crippen LogP contribution in [0.4, 0.5) is 0 Å². The van der Waals surface area contributed by atoms with Gasteiger partial charge in [-0.3, -0.25) is 14.7 Å². The van der Waals surface area contributed by atoms with Crippen LogP contribution in [0.1, 0.15) is 36.1 Å². The van der Waals surface area contributed by atoms with Gasteiger partial charge in [0.2, 0.25) is 5.91 Å². The zero-order valence-electron chi connectivity index (χ0n) is 20.7. The summed E-state index contributed by atoms with van der Waals surface area (Å²) in [5, 5.41) is 0.738. The maximum atomic E-state index is 13.4. The Balaban J connectivity index is 1.50. The number of piperazine rings is 1. The molecule has 2 aliphatic rings. The predicted octanol–water partition coefficient (Wildman–Crippen LogP) is 4.18. The molecule has 2 saturated heterocycles.